The van der Waals surface area contributed by atoms with E-state index in [0.29, 0.717) is 40.0 Å². The van der Waals surface area contributed by atoms with E-state index in [4.69, 9.17) is 22.1 Å². The number of nitrogens with two attached hydrogens (primary N) is 1. The number of rotatable bonds is 6. The van der Waals surface area contributed by atoms with Crippen LogP contribution in [0.3, 0.4) is 0 Å². The minimum Gasteiger partial charge on any atom is -0.491 e. The summed E-state index contributed by atoms with van der Waals surface area (Å²) in [5, 5.41) is 0.503. The number of aryl methyl sites for hydroxylation is 3. The molecule has 1 aliphatic rings. The first-order valence-corrected chi connectivity index (χ1v) is 10.8. The van der Waals surface area contributed by atoms with E-state index in [1.807, 2.05) is 17.7 Å². The van der Waals surface area contributed by atoms with Gasteiger partial charge in [0, 0.05) is 29.7 Å². The van der Waals surface area contributed by atoms with Crippen molar-refractivity contribution in [2.45, 2.75) is 27.3 Å². The Morgan fingerprint density at radius 3 is 2.61 bits per heavy atom. The summed E-state index contributed by atoms with van der Waals surface area (Å²) < 4.78 is 21.6. The molecule has 3 heterocycles. The van der Waals surface area contributed by atoms with Crippen molar-refractivity contribution in [3.05, 3.63) is 75.7 Å². The Kier molecular flexibility index (Phi) is 6.33. The first kappa shape index (κ1) is 22.7. The van der Waals surface area contributed by atoms with Crippen LogP contribution in [0.4, 0.5) is 4.39 Å². The van der Waals surface area contributed by atoms with Crippen molar-refractivity contribution >= 4 is 23.1 Å². The maximum Gasteiger partial charge on any atom is 0.258 e. The van der Waals surface area contributed by atoms with Gasteiger partial charge < -0.3 is 19.9 Å². The Labute approximate surface area is 195 Å². The molecule has 0 saturated heterocycles. The quantitative estimate of drug-likeness (QED) is 0.593. The van der Waals surface area contributed by atoms with Gasteiger partial charge in [0.05, 0.1) is 41.6 Å². The molecule has 0 bridgehead atoms. The van der Waals surface area contributed by atoms with Gasteiger partial charge >= 0.3 is 0 Å². The van der Waals surface area contributed by atoms with E-state index in [2.05, 4.69) is 15.0 Å². The Balaban J connectivity index is 1.51. The number of benzene rings is 1. The van der Waals surface area contributed by atoms with Crippen LogP contribution in [-0.2, 0) is 6.54 Å². The van der Waals surface area contributed by atoms with Crippen molar-refractivity contribution in [2.24, 2.45) is 5.73 Å². The van der Waals surface area contributed by atoms with Crippen molar-refractivity contribution < 1.29 is 13.9 Å². The molecular weight excluding hydrogens is 447 g/mol. The Morgan fingerprint density at radius 2 is 1.94 bits per heavy atom. The van der Waals surface area contributed by atoms with Crippen molar-refractivity contribution in [3.63, 3.8) is 0 Å². The zero-order valence-corrected chi connectivity index (χ0v) is 19.4. The fraction of sp³-hybridized carbons (Fsp3) is 0.304. The van der Waals surface area contributed by atoms with Crippen molar-refractivity contribution in [1.29, 1.82) is 0 Å². The van der Waals surface area contributed by atoms with Crippen LogP contribution in [0.1, 0.15) is 33.4 Å². The number of ether oxygens (including phenoxy) is 1. The molecule has 0 radical (unpaired) electrons. The third kappa shape index (κ3) is 4.68. The number of hydrogen-bond donors (Lipinski definition) is 1. The molecule has 1 aliphatic heterocycles. The highest BCUT2D eigenvalue weighted by atomic mass is 35.5. The molecule has 10 heteroatoms. The van der Waals surface area contributed by atoms with Crippen LogP contribution >= 0.6 is 11.6 Å². The summed E-state index contributed by atoms with van der Waals surface area (Å²) in [4.78, 5) is 27.9. The largest absolute Gasteiger partial charge is 0.491 e. The SMILES string of the molecule is Cc1nc(C2=C(N)CN(C(=O)c3ccc(F)cc3OCCn3ccnc3C)C2)nc(C)c1Cl. The van der Waals surface area contributed by atoms with Gasteiger partial charge in [-0.05, 0) is 32.9 Å². The first-order valence-electron chi connectivity index (χ1n) is 10.4. The predicted octanol–water partition coefficient (Wildman–Crippen LogP) is 3.30. The minimum absolute atomic E-state index is 0.180. The van der Waals surface area contributed by atoms with E-state index < -0.39 is 5.82 Å². The van der Waals surface area contributed by atoms with Crippen molar-refractivity contribution in [1.82, 2.24) is 24.4 Å². The van der Waals surface area contributed by atoms with Crippen LogP contribution in [0.25, 0.3) is 5.57 Å². The van der Waals surface area contributed by atoms with E-state index in [-0.39, 0.29) is 36.9 Å². The minimum atomic E-state index is -0.486. The topological polar surface area (TPSA) is 99.2 Å². The fourth-order valence-corrected chi connectivity index (χ4v) is 3.79. The van der Waals surface area contributed by atoms with E-state index in [1.165, 1.54) is 18.2 Å². The lowest BCUT2D eigenvalue weighted by Gasteiger charge is -2.19. The zero-order valence-electron chi connectivity index (χ0n) is 18.6. The third-order valence-corrected chi connectivity index (χ3v) is 6.07. The van der Waals surface area contributed by atoms with Crippen LogP contribution in [-0.4, -0.2) is 50.0 Å². The molecule has 1 amide bonds. The fourth-order valence-electron chi connectivity index (χ4n) is 3.70. The van der Waals surface area contributed by atoms with Crippen molar-refractivity contribution in [2.75, 3.05) is 19.7 Å². The van der Waals surface area contributed by atoms with Gasteiger partial charge in [0.25, 0.3) is 5.91 Å². The zero-order chi connectivity index (χ0) is 23.7. The summed E-state index contributed by atoms with van der Waals surface area (Å²) in [5.74, 6) is 0.674. The summed E-state index contributed by atoms with van der Waals surface area (Å²) in [7, 11) is 0. The summed E-state index contributed by atoms with van der Waals surface area (Å²) in [5.41, 5.74) is 8.97. The van der Waals surface area contributed by atoms with Crippen LogP contribution < -0.4 is 10.5 Å². The van der Waals surface area contributed by atoms with Crippen LogP contribution in [0.2, 0.25) is 5.02 Å². The van der Waals surface area contributed by atoms with Crippen LogP contribution in [0.15, 0.2) is 36.3 Å². The van der Waals surface area contributed by atoms with Gasteiger partial charge in [-0.3, -0.25) is 4.79 Å². The molecular formula is C23H24ClFN6O2. The summed E-state index contributed by atoms with van der Waals surface area (Å²) in [6.45, 7) is 6.69. The second kappa shape index (κ2) is 9.19. The molecule has 2 N–H and O–H groups in total. The number of halogens is 2. The second-order valence-electron chi connectivity index (χ2n) is 7.85. The summed E-state index contributed by atoms with van der Waals surface area (Å²) in [6, 6.07) is 3.89. The molecule has 4 rings (SSSR count). The van der Waals surface area contributed by atoms with E-state index in [0.717, 1.165) is 5.82 Å². The van der Waals surface area contributed by atoms with Gasteiger partial charge in [-0.25, -0.2) is 19.3 Å². The summed E-state index contributed by atoms with van der Waals surface area (Å²) in [6.07, 6.45) is 3.53. The lowest BCUT2D eigenvalue weighted by Crippen LogP contribution is -2.30. The highest BCUT2D eigenvalue weighted by Gasteiger charge is 2.29. The van der Waals surface area contributed by atoms with E-state index in [9.17, 15) is 9.18 Å². The molecule has 0 aliphatic carbocycles. The number of amides is 1. The molecule has 33 heavy (non-hydrogen) atoms. The molecule has 3 aromatic rings. The number of hydrogen-bond acceptors (Lipinski definition) is 6. The molecule has 0 atom stereocenters. The monoisotopic (exact) mass is 470 g/mol. The van der Waals surface area contributed by atoms with Gasteiger partial charge in [-0.1, -0.05) is 11.6 Å². The highest BCUT2D eigenvalue weighted by Crippen LogP contribution is 2.28. The Bertz CT molecular complexity index is 1230. The van der Waals surface area contributed by atoms with Crippen LogP contribution in [0.5, 0.6) is 5.75 Å². The Hall–Kier alpha value is -3.46. The third-order valence-electron chi connectivity index (χ3n) is 5.52. The lowest BCUT2D eigenvalue weighted by molar-refractivity contribution is 0.0794. The van der Waals surface area contributed by atoms with Crippen LogP contribution in [0, 0.1) is 26.6 Å². The van der Waals surface area contributed by atoms with Crippen molar-refractivity contribution in [3.8, 4) is 5.75 Å². The number of carbonyl (C=O) groups is 1. The molecule has 8 nitrogen and oxygen atoms in total. The maximum atomic E-state index is 13.9. The average Bonchev–Trinajstić information content (AvgIpc) is 3.36. The molecule has 1 aromatic carbocycles. The Morgan fingerprint density at radius 1 is 1.21 bits per heavy atom. The molecule has 0 unspecified atom stereocenters. The predicted molar refractivity (Wildman–Crippen MR) is 122 cm³/mol. The number of nitrogens with zero attached hydrogens (tertiary/aromatic N) is 5. The van der Waals surface area contributed by atoms with Gasteiger partial charge in [0.15, 0.2) is 5.82 Å². The number of imidazole rings is 1. The van der Waals surface area contributed by atoms with E-state index >= 15 is 0 Å². The smallest absolute Gasteiger partial charge is 0.258 e. The number of carbonyl (C=O) groups excluding carboxylic acids is 1. The van der Waals surface area contributed by atoms with Gasteiger partial charge in [-0.2, -0.15) is 0 Å². The lowest BCUT2D eigenvalue weighted by atomic mass is 10.1. The molecule has 172 valence electrons. The molecule has 0 saturated carbocycles. The van der Waals surface area contributed by atoms with Gasteiger partial charge in [-0.15, -0.1) is 0 Å². The first-order chi connectivity index (χ1) is 15.7. The van der Waals surface area contributed by atoms with Gasteiger partial charge in [0.2, 0.25) is 0 Å². The standard InChI is InChI=1S/C23H24ClFN6O2/c1-13-21(24)14(2)29-22(28-13)18-11-31(12-19(18)26)23(32)17-5-4-16(25)10-20(17)33-9-8-30-7-6-27-15(30)3/h4-7,10H,8-9,11-12,26H2,1-3H3. The summed E-state index contributed by atoms with van der Waals surface area (Å²) >= 11 is 6.18. The van der Waals surface area contributed by atoms with E-state index in [1.54, 1.807) is 24.9 Å². The molecule has 0 spiro atoms. The highest BCUT2D eigenvalue weighted by molar-refractivity contribution is 6.31. The second-order valence-corrected chi connectivity index (χ2v) is 8.23. The average molecular weight is 471 g/mol. The molecule has 2 aromatic heterocycles. The number of aromatic nitrogens is 4. The normalized spacial score (nSPS) is 13.7. The maximum absolute atomic E-state index is 13.9. The molecule has 0 fully saturated rings. The van der Waals surface area contributed by atoms with Gasteiger partial charge in [0.1, 0.15) is 24.0 Å².